The highest BCUT2D eigenvalue weighted by molar-refractivity contribution is 5.96. The third-order valence-electron chi connectivity index (χ3n) is 10.4. The highest BCUT2D eigenvalue weighted by Gasteiger charge is 2.82. The van der Waals surface area contributed by atoms with E-state index in [1.165, 1.54) is 13.0 Å². The summed E-state index contributed by atoms with van der Waals surface area (Å²) in [5.41, 5.74) is -4.91. The molecule has 11 nitrogen and oxygen atoms in total. The van der Waals surface area contributed by atoms with Gasteiger partial charge in [0.2, 0.25) is 11.7 Å². The van der Waals surface area contributed by atoms with Gasteiger partial charge in [-0.2, -0.15) is 0 Å². The standard InChI is InChI=1S/C27H36O11/c1-7-24(4,38-12(3)28)23(34)37-17-19-26(6)21(32)16(30)18-25(5)13(11(2)8-14(29)20(25)31)9-15(36-22(17)33)27(18,19)10-35-26/h8,13,15-21,30-32H,7,9-10H2,1-6H3/t13-,15-,16-,17-,18-,19+,20-,21+,24+,25+,26+,27-/m1/s1. The van der Waals surface area contributed by atoms with Gasteiger partial charge in [0, 0.05) is 23.7 Å². The number of allylic oxidation sites excluding steroid dienone is 1. The molecule has 0 amide bonds. The van der Waals surface area contributed by atoms with E-state index in [9.17, 15) is 34.5 Å². The van der Waals surface area contributed by atoms with Crippen LogP contribution in [-0.2, 0) is 38.1 Å². The third kappa shape index (κ3) is 3.16. The van der Waals surface area contributed by atoms with Gasteiger partial charge >= 0.3 is 17.9 Å². The van der Waals surface area contributed by atoms with E-state index in [-0.39, 0.29) is 19.4 Å². The number of ketones is 1. The molecule has 3 aliphatic carbocycles. The second-order valence-electron chi connectivity index (χ2n) is 12.3. The smallest absolute Gasteiger partial charge is 0.351 e. The summed E-state index contributed by atoms with van der Waals surface area (Å²) in [5, 5.41) is 34.3. The second-order valence-corrected chi connectivity index (χ2v) is 12.3. The molecule has 0 radical (unpaired) electrons. The van der Waals surface area contributed by atoms with Gasteiger partial charge in [-0.25, -0.2) is 9.59 Å². The van der Waals surface area contributed by atoms with Crippen LogP contribution in [0.4, 0.5) is 0 Å². The lowest BCUT2D eigenvalue weighted by Gasteiger charge is -2.68. The number of carbonyl (C=O) groups excluding carboxylic acids is 4. The van der Waals surface area contributed by atoms with Crippen LogP contribution >= 0.6 is 0 Å². The van der Waals surface area contributed by atoms with Crippen LogP contribution < -0.4 is 0 Å². The van der Waals surface area contributed by atoms with E-state index < -0.39 is 94.0 Å². The predicted octanol–water partition coefficient (Wildman–Crippen LogP) is 0.215. The Balaban J connectivity index is 1.65. The molecule has 2 saturated heterocycles. The Hall–Kier alpha value is -2.34. The van der Waals surface area contributed by atoms with Gasteiger partial charge in [-0.05, 0) is 45.6 Å². The zero-order chi connectivity index (χ0) is 28.2. The fourth-order valence-corrected chi connectivity index (χ4v) is 8.49. The molecule has 3 N–H and O–H groups in total. The van der Waals surface area contributed by atoms with Gasteiger partial charge in [0.1, 0.15) is 23.9 Å². The Labute approximate surface area is 220 Å². The number of aliphatic hydroxyl groups is 3. The monoisotopic (exact) mass is 536 g/mol. The molecule has 1 spiro atoms. The Bertz CT molecular complexity index is 1130. The maximum absolute atomic E-state index is 13.5. The minimum atomic E-state index is -1.68. The highest BCUT2D eigenvalue weighted by Crippen LogP contribution is 2.72. The summed E-state index contributed by atoms with van der Waals surface area (Å²) in [4.78, 5) is 51.3. The summed E-state index contributed by atoms with van der Waals surface area (Å²) in [6.07, 6.45) is -5.08. The third-order valence-corrected chi connectivity index (χ3v) is 10.4. The van der Waals surface area contributed by atoms with Gasteiger partial charge in [0.05, 0.1) is 18.6 Å². The maximum Gasteiger partial charge on any atom is 0.351 e. The Kier molecular flexibility index (Phi) is 5.97. The molecule has 2 bridgehead atoms. The zero-order valence-electron chi connectivity index (χ0n) is 22.4. The number of hydrogen-bond donors (Lipinski definition) is 3. The number of esters is 3. The summed E-state index contributed by atoms with van der Waals surface area (Å²) in [5.74, 6) is -5.34. The highest BCUT2D eigenvalue weighted by atomic mass is 16.6. The van der Waals surface area contributed by atoms with Gasteiger partial charge < -0.3 is 34.3 Å². The van der Waals surface area contributed by atoms with Crippen LogP contribution in [0.2, 0.25) is 0 Å². The summed E-state index contributed by atoms with van der Waals surface area (Å²) in [6.45, 7) is 9.14. The Morgan fingerprint density at radius 2 is 1.84 bits per heavy atom. The maximum atomic E-state index is 13.5. The number of hydrogen-bond acceptors (Lipinski definition) is 11. The Morgan fingerprint density at radius 3 is 2.45 bits per heavy atom. The molecule has 0 aromatic heterocycles. The zero-order valence-corrected chi connectivity index (χ0v) is 22.4. The average molecular weight is 537 g/mol. The fourth-order valence-electron chi connectivity index (χ4n) is 8.49. The lowest BCUT2D eigenvalue weighted by molar-refractivity contribution is -0.298. The van der Waals surface area contributed by atoms with Crippen molar-refractivity contribution in [2.45, 2.75) is 96.1 Å². The van der Waals surface area contributed by atoms with Crippen molar-refractivity contribution in [3.8, 4) is 0 Å². The lowest BCUT2D eigenvalue weighted by Crippen LogP contribution is -2.78. The van der Waals surface area contributed by atoms with Crippen molar-refractivity contribution in [3.05, 3.63) is 11.6 Å². The van der Waals surface area contributed by atoms with Crippen LogP contribution in [-0.4, -0.2) is 87.3 Å². The van der Waals surface area contributed by atoms with Gasteiger partial charge in [-0.1, -0.05) is 19.4 Å². The first-order valence-corrected chi connectivity index (χ1v) is 13.1. The molecular weight excluding hydrogens is 500 g/mol. The van der Waals surface area contributed by atoms with Crippen LogP contribution in [0.15, 0.2) is 11.6 Å². The van der Waals surface area contributed by atoms with Crippen molar-refractivity contribution >= 4 is 23.7 Å². The first-order chi connectivity index (χ1) is 17.6. The van der Waals surface area contributed by atoms with Crippen LogP contribution in [0.25, 0.3) is 0 Å². The first-order valence-electron chi connectivity index (χ1n) is 13.1. The van der Waals surface area contributed by atoms with E-state index in [0.29, 0.717) is 5.57 Å². The molecule has 210 valence electrons. The van der Waals surface area contributed by atoms with Crippen LogP contribution in [0.1, 0.15) is 54.4 Å². The molecule has 5 rings (SSSR count). The van der Waals surface area contributed by atoms with E-state index in [1.54, 1.807) is 27.7 Å². The van der Waals surface area contributed by atoms with Crippen molar-refractivity contribution in [2.75, 3.05) is 6.61 Å². The van der Waals surface area contributed by atoms with Gasteiger partial charge in [-0.3, -0.25) is 9.59 Å². The van der Waals surface area contributed by atoms with E-state index >= 15 is 0 Å². The van der Waals surface area contributed by atoms with Crippen molar-refractivity contribution in [1.82, 2.24) is 0 Å². The molecule has 0 unspecified atom stereocenters. The summed E-state index contributed by atoms with van der Waals surface area (Å²) >= 11 is 0. The number of rotatable bonds is 4. The SMILES string of the molecule is CC[C@](C)(OC(C)=O)C(=O)O[C@H]1C(=O)O[C@@H]2C[C@@H]3C(C)=CC(=O)[C@@H](O)[C@]3(C)[C@H]3[C@@H](O)[C@H](O)[C@@]4(C)OC[C@]32[C@@H]14. The fraction of sp³-hybridized carbons (Fsp3) is 0.778. The largest absolute Gasteiger partial charge is 0.459 e. The van der Waals surface area contributed by atoms with Gasteiger partial charge in [0.15, 0.2) is 5.78 Å². The molecule has 0 aromatic carbocycles. The Morgan fingerprint density at radius 1 is 1.18 bits per heavy atom. The molecule has 5 aliphatic rings. The number of carbonyl (C=O) groups is 4. The number of ether oxygens (including phenoxy) is 4. The second kappa shape index (κ2) is 8.33. The molecule has 2 saturated carbocycles. The molecule has 38 heavy (non-hydrogen) atoms. The van der Waals surface area contributed by atoms with Crippen LogP contribution in [0.5, 0.6) is 0 Å². The molecule has 4 fully saturated rings. The first kappa shape index (κ1) is 27.2. The van der Waals surface area contributed by atoms with E-state index in [0.717, 1.165) is 6.92 Å². The van der Waals surface area contributed by atoms with Crippen molar-refractivity contribution < 1.29 is 53.4 Å². The minimum absolute atomic E-state index is 0.0556. The van der Waals surface area contributed by atoms with Crippen molar-refractivity contribution in [1.29, 1.82) is 0 Å². The molecule has 2 aliphatic heterocycles. The quantitative estimate of drug-likeness (QED) is 0.332. The summed E-state index contributed by atoms with van der Waals surface area (Å²) in [6, 6.07) is 0. The van der Waals surface area contributed by atoms with Crippen LogP contribution in [0.3, 0.4) is 0 Å². The molecule has 12 atom stereocenters. The van der Waals surface area contributed by atoms with E-state index in [2.05, 4.69) is 0 Å². The van der Waals surface area contributed by atoms with E-state index in [4.69, 9.17) is 18.9 Å². The molecule has 0 aromatic rings. The van der Waals surface area contributed by atoms with Gasteiger partial charge in [0.25, 0.3) is 0 Å². The van der Waals surface area contributed by atoms with Crippen molar-refractivity contribution in [2.24, 2.45) is 28.6 Å². The molecular formula is C27H36O11. The normalized spacial score (nSPS) is 48.6. The van der Waals surface area contributed by atoms with Gasteiger partial charge in [-0.15, -0.1) is 0 Å². The number of fused-ring (bicyclic) bond motifs is 2. The lowest BCUT2D eigenvalue weighted by atomic mass is 9.38. The molecule has 11 heteroatoms. The van der Waals surface area contributed by atoms with E-state index in [1.807, 2.05) is 0 Å². The topological polar surface area (TPSA) is 166 Å². The summed E-state index contributed by atoms with van der Waals surface area (Å²) < 4.78 is 23.1. The minimum Gasteiger partial charge on any atom is -0.459 e. The van der Waals surface area contributed by atoms with Crippen molar-refractivity contribution in [3.63, 3.8) is 0 Å². The number of aliphatic hydroxyl groups excluding tert-OH is 3. The average Bonchev–Trinajstić information content (AvgIpc) is 3.11. The summed E-state index contributed by atoms with van der Waals surface area (Å²) in [7, 11) is 0. The van der Waals surface area contributed by atoms with Crippen LogP contribution in [0, 0.1) is 28.6 Å². The molecule has 2 heterocycles. The predicted molar refractivity (Wildman–Crippen MR) is 127 cm³/mol.